The molecule has 30 heavy (non-hydrogen) atoms. The van der Waals surface area contributed by atoms with Gasteiger partial charge in [0.05, 0.1) is 0 Å². The molecule has 0 aromatic rings. The Morgan fingerprint density at radius 1 is 0.500 bits per heavy atom. The van der Waals surface area contributed by atoms with E-state index in [4.69, 9.17) is 0 Å². The predicted molar refractivity (Wildman–Crippen MR) is 61.2 cm³/mol. The van der Waals surface area contributed by atoms with Gasteiger partial charge in [0.15, 0.2) is 0 Å². The second kappa shape index (κ2) is 14.1. The van der Waals surface area contributed by atoms with Crippen LogP contribution in [0.3, 0.4) is 0 Å². The summed E-state index contributed by atoms with van der Waals surface area (Å²) in [5, 5.41) is 19.6. The second-order valence-electron chi connectivity index (χ2n) is 3.74. The molecule has 0 aliphatic carbocycles. The molecule has 0 bridgehead atoms. The molecule has 0 aliphatic heterocycles. The summed E-state index contributed by atoms with van der Waals surface area (Å²) in [7, 11) is 0. The van der Waals surface area contributed by atoms with Crippen molar-refractivity contribution in [2.45, 2.75) is 24.7 Å². The Morgan fingerprint density at radius 2 is 0.667 bits per heavy atom. The minimum atomic E-state index is -5.46. The van der Waals surface area contributed by atoms with Crippen LogP contribution in [-0.2, 0) is 26.7 Å². The average Bonchev–Trinajstić information content (AvgIpc) is 2.34. The number of hydrogen-bond donors (Lipinski definition) is 0. The Bertz CT molecular complexity index is 534. The predicted octanol–water partition coefficient (Wildman–Crippen LogP) is -0.628. The fourth-order valence-electron chi connectivity index (χ4n) is 0.565. The molecule has 0 atom stereocenters. The van der Waals surface area contributed by atoms with Crippen molar-refractivity contribution in [3.05, 3.63) is 23.7 Å². The summed E-state index contributed by atoms with van der Waals surface area (Å²) in [4.78, 5) is 19.6. The van der Waals surface area contributed by atoms with Crippen molar-refractivity contribution in [2.75, 3.05) is 0 Å². The van der Waals surface area contributed by atoms with Gasteiger partial charge >= 0.3 is 41.8 Å². The summed E-state index contributed by atoms with van der Waals surface area (Å²) >= 11 is 0. The van der Waals surface area contributed by atoms with Crippen molar-refractivity contribution >= 4 is 11.6 Å². The van der Waals surface area contributed by atoms with E-state index < -0.39 is 59.9 Å². The molecular weight excluding hydrogens is 524 g/mol. The van der Waals surface area contributed by atoms with Gasteiger partial charge in [0.1, 0.15) is 0 Å². The fourth-order valence-corrected chi connectivity index (χ4v) is 0.565. The van der Waals surface area contributed by atoms with Gasteiger partial charge in [-0.1, -0.05) is 0 Å². The van der Waals surface area contributed by atoms with Crippen LogP contribution in [0.2, 0.25) is 0 Å². The van der Waals surface area contributed by atoms with Crippen LogP contribution in [0.25, 0.3) is 0 Å². The molecule has 0 saturated carbocycles. The first-order valence-corrected chi connectivity index (χ1v) is 5.24. The molecule has 185 valence electrons. The van der Waals surface area contributed by atoms with E-state index >= 15 is 0 Å². The van der Waals surface area contributed by atoms with Crippen LogP contribution in [-0.4, -0.2) is 52.7 Å². The summed E-state index contributed by atoms with van der Waals surface area (Å²) in [6.45, 7) is 0. The quantitative estimate of drug-likeness (QED) is 0.200. The average molecular weight is 532 g/mol. The Morgan fingerprint density at radius 3 is 0.767 bits per heavy atom. The molecule has 20 heteroatoms. The number of alkyl halides is 12. The maximum absolute atomic E-state index is 11.3. The second-order valence-corrected chi connectivity index (χ2v) is 3.74. The molecule has 0 rings (SSSR count). The minimum Gasteiger partial charge on any atom is -0.869 e. The van der Waals surface area contributed by atoms with Gasteiger partial charge in [-0.2, -0.15) is 52.7 Å². The first-order valence-electron chi connectivity index (χ1n) is 5.24. The zero-order valence-electron chi connectivity index (χ0n) is 13.1. The van der Waals surface area contributed by atoms with Crippen LogP contribution in [0.5, 0.6) is 0 Å². The third-order valence-electron chi connectivity index (χ3n) is 1.64. The third kappa shape index (κ3) is 18.0. The van der Waals surface area contributed by atoms with E-state index in [1.165, 1.54) is 0 Å². The molecule has 0 aromatic carbocycles. The third-order valence-corrected chi connectivity index (χ3v) is 1.64. The van der Waals surface area contributed by atoms with E-state index in [0.717, 1.165) is 0 Å². The molecule has 0 saturated heterocycles. The Hall–Kier alpha value is -2.02. The first-order chi connectivity index (χ1) is 11.1. The van der Waals surface area contributed by atoms with Gasteiger partial charge in [0.25, 0.3) is 11.6 Å². The molecule has 7 nitrogen and oxygen atoms in total. The van der Waals surface area contributed by atoms with Crippen LogP contribution in [0, 0.1) is 0 Å². The van der Waals surface area contributed by atoms with Crippen LogP contribution >= 0.6 is 0 Å². The van der Waals surface area contributed by atoms with Gasteiger partial charge in [-0.05, 0) is 23.7 Å². The molecule has 0 fully saturated rings. The van der Waals surface area contributed by atoms with Crippen LogP contribution in [0.1, 0.15) is 0 Å². The number of halogens is 12. The Labute approximate surface area is 167 Å². The molecule has 0 spiro atoms. The number of ketones is 2. The SMILES string of the molecule is O.O.O.O=C(/C=C(\[O-])C(F)(F)F)C(F)(F)F.O=C(/C=C(\[O-])C(F)(F)F)C(F)(F)F.[Cu+2]. The van der Waals surface area contributed by atoms with Crippen molar-refractivity contribution < 1.29 is 106 Å². The number of carbonyl (C=O) groups is 2. The summed E-state index contributed by atoms with van der Waals surface area (Å²) in [6, 6.07) is 0. The van der Waals surface area contributed by atoms with Crippen LogP contribution < -0.4 is 10.2 Å². The zero-order chi connectivity index (χ0) is 21.7. The largest absolute Gasteiger partial charge is 2.00 e. The van der Waals surface area contributed by atoms with Gasteiger partial charge in [0, 0.05) is 0 Å². The fraction of sp³-hybridized carbons (Fsp3) is 0.400. The smallest absolute Gasteiger partial charge is 0.869 e. The number of hydrogen-bond acceptors (Lipinski definition) is 4. The van der Waals surface area contributed by atoms with Gasteiger partial charge < -0.3 is 26.6 Å². The van der Waals surface area contributed by atoms with Gasteiger partial charge in [-0.15, -0.1) is 0 Å². The molecule has 1 radical (unpaired) electrons. The molecule has 6 N–H and O–H groups in total. The molecule has 0 unspecified atom stereocenters. The molecule has 0 heterocycles. The monoisotopic (exact) mass is 531 g/mol. The molecular formula is C10H8CuF12O7. The molecule has 0 aromatic heterocycles. The summed E-state index contributed by atoms with van der Waals surface area (Å²) in [5.41, 5.74) is 0. The van der Waals surface area contributed by atoms with E-state index in [1.807, 2.05) is 0 Å². The number of allylic oxidation sites excluding steroid dienone is 4. The van der Waals surface area contributed by atoms with Crippen LogP contribution in [0.4, 0.5) is 52.7 Å². The maximum Gasteiger partial charge on any atom is 2.00 e. The van der Waals surface area contributed by atoms with E-state index in [2.05, 4.69) is 0 Å². The maximum atomic E-state index is 11.3. The number of carbonyl (C=O) groups excluding carboxylic acids is 2. The van der Waals surface area contributed by atoms with Crippen LogP contribution in [0.15, 0.2) is 23.7 Å². The summed E-state index contributed by atoms with van der Waals surface area (Å²) in [5.74, 6) is -11.3. The standard InChI is InChI=1S/2C5H2F6O2.Cu.3H2O/c2*6-4(7,8)2(12)1-3(13)5(9,10)11;;;;/h2*1,12H;;3*1H2/q;;+2;;;/p-2/b2*2-1-;;;;. The van der Waals surface area contributed by atoms with Crippen molar-refractivity contribution in [3.63, 3.8) is 0 Å². The first kappa shape index (κ1) is 42.2. The minimum absolute atomic E-state index is 0. The van der Waals surface area contributed by atoms with Gasteiger partial charge in [0.2, 0.25) is 0 Å². The van der Waals surface area contributed by atoms with Gasteiger partial charge in [-0.3, -0.25) is 9.59 Å². The Kier molecular flexibility index (Phi) is 19.8. The van der Waals surface area contributed by atoms with Crippen molar-refractivity contribution in [1.82, 2.24) is 0 Å². The van der Waals surface area contributed by atoms with Crippen molar-refractivity contribution in [3.8, 4) is 0 Å². The zero-order valence-corrected chi connectivity index (χ0v) is 14.1. The van der Waals surface area contributed by atoms with Crippen molar-refractivity contribution in [1.29, 1.82) is 0 Å². The van der Waals surface area contributed by atoms with E-state index in [1.54, 1.807) is 0 Å². The molecule has 0 aliphatic rings. The van der Waals surface area contributed by atoms with Crippen molar-refractivity contribution in [2.24, 2.45) is 0 Å². The van der Waals surface area contributed by atoms with E-state index in [0.29, 0.717) is 0 Å². The normalized spacial score (nSPS) is 12.5. The summed E-state index contributed by atoms with van der Waals surface area (Å²) in [6.07, 6.45) is -23.9. The molecule has 0 amide bonds. The summed E-state index contributed by atoms with van der Waals surface area (Å²) < 4.78 is 136. The topological polar surface area (TPSA) is 175 Å². The van der Waals surface area contributed by atoms with E-state index in [9.17, 15) is 72.5 Å². The van der Waals surface area contributed by atoms with E-state index in [-0.39, 0.29) is 33.5 Å². The Balaban J connectivity index is -0.0000000847. The van der Waals surface area contributed by atoms with Gasteiger partial charge in [-0.25, -0.2) is 0 Å². The number of rotatable bonds is 2.